The van der Waals surface area contributed by atoms with Crippen LogP contribution in [0.3, 0.4) is 0 Å². The minimum Gasteiger partial charge on any atom is -0.508 e. The Balaban J connectivity index is 1.99. The van der Waals surface area contributed by atoms with Gasteiger partial charge in [0.2, 0.25) is 0 Å². The van der Waals surface area contributed by atoms with Crippen molar-refractivity contribution in [3.05, 3.63) is 53.6 Å². The van der Waals surface area contributed by atoms with Gasteiger partial charge in [0, 0.05) is 17.8 Å². The summed E-state index contributed by atoms with van der Waals surface area (Å²) in [6, 6.07) is 10.7. The lowest BCUT2D eigenvalue weighted by Crippen LogP contribution is -2.17. The minimum atomic E-state index is -4.69. The number of hydrogen-bond acceptors (Lipinski definition) is 3. The standard InChI is InChI=1S/C15H14F3NO2/c1-10-2-7-14(20)11(8-10)9-19-12-3-5-13(6-4-12)21-15(16,17)18/h2-8,19-20H,9H2,1H3. The highest BCUT2D eigenvalue weighted by molar-refractivity contribution is 5.48. The molecule has 2 aromatic carbocycles. The van der Waals surface area contributed by atoms with Gasteiger partial charge in [-0.15, -0.1) is 13.2 Å². The van der Waals surface area contributed by atoms with Crippen LogP contribution in [0.25, 0.3) is 0 Å². The summed E-state index contributed by atoms with van der Waals surface area (Å²) < 4.78 is 39.9. The van der Waals surface area contributed by atoms with Crippen LogP contribution in [0.4, 0.5) is 18.9 Å². The van der Waals surface area contributed by atoms with Gasteiger partial charge < -0.3 is 15.2 Å². The number of anilines is 1. The van der Waals surface area contributed by atoms with Crippen molar-refractivity contribution >= 4 is 5.69 Å². The molecular formula is C15H14F3NO2. The second-order valence-corrected chi connectivity index (χ2v) is 4.56. The molecule has 0 aliphatic rings. The molecule has 0 unspecified atom stereocenters. The molecule has 0 saturated heterocycles. The van der Waals surface area contributed by atoms with E-state index in [1.54, 1.807) is 12.1 Å². The molecule has 0 spiro atoms. The Morgan fingerprint density at radius 3 is 2.38 bits per heavy atom. The fourth-order valence-electron chi connectivity index (χ4n) is 1.83. The van der Waals surface area contributed by atoms with Crippen molar-refractivity contribution in [2.75, 3.05) is 5.32 Å². The maximum Gasteiger partial charge on any atom is 0.573 e. The molecule has 0 amide bonds. The highest BCUT2D eigenvalue weighted by atomic mass is 19.4. The van der Waals surface area contributed by atoms with Gasteiger partial charge in [-0.25, -0.2) is 0 Å². The molecule has 2 rings (SSSR count). The van der Waals surface area contributed by atoms with Crippen molar-refractivity contribution in [1.82, 2.24) is 0 Å². The monoisotopic (exact) mass is 297 g/mol. The third-order valence-electron chi connectivity index (χ3n) is 2.81. The van der Waals surface area contributed by atoms with Crippen LogP contribution in [0.5, 0.6) is 11.5 Å². The number of aryl methyl sites for hydroxylation is 1. The molecule has 2 N–H and O–H groups in total. The zero-order valence-corrected chi connectivity index (χ0v) is 11.2. The van der Waals surface area contributed by atoms with E-state index in [4.69, 9.17) is 0 Å². The molecule has 0 aliphatic heterocycles. The normalized spacial score (nSPS) is 11.2. The van der Waals surface area contributed by atoms with Crippen LogP contribution < -0.4 is 10.1 Å². The zero-order chi connectivity index (χ0) is 15.5. The lowest BCUT2D eigenvalue weighted by Gasteiger charge is -2.11. The van der Waals surface area contributed by atoms with E-state index in [0.29, 0.717) is 17.8 Å². The van der Waals surface area contributed by atoms with Gasteiger partial charge in [0.15, 0.2) is 0 Å². The number of benzene rings is 2. The van der Waals surface area contributed by atoms with Gasteiger partial charge >= 0.3 is 6.36 Å². The molecule has 0 heterocycles. The van der Waals surface area contributed by atoms with E-state index in [-0.39, 0.29) is 11.5 Å². The first kappa shape index (κ1) is 15.0. The number of rotatable bonds is 4. The number of hydrogen-bond donors (Lipinski definition) is 2. The number of ether oxygens (including phenoxy) is 1. The van der Waals surface area contributed by atoms with Gasteiger partial charge in [-0.05, 0) is 37.3 Å². The minimum absolute atomic E-state index is 0.171. The van der Waals surface area contributed by atoms with Crippen molar-refractivity contribution in [2.45, 2.75) is 19.8 Å². The third-order valence-corrected chi connectivity index (χ3v) is 2.81. The Kier molecular flexibility index (Phi) is 4.26. The molecular weight excluding hydrogens is 283 g/mol. The van der Waals surface area contributed by atoms with E-state index < -0.39 is 6.36 Å². The van der Waals surface area contributed by atoms with Gasteiger partial charge in [0.05, 0.1) is 0 Å². The van der Waals surface area contributed by atoms with Crippen LogP contribution in [0.2, 0.25) is 0 Å². The molecule has 112 valence electrons. The summed E-state index contributed by atoms with van der Waals surface area (Å²) >= 11 is 0. The number of halogens is 3. The van der Waals surface area contributed by atoms with Gasteiger partial charge in [-0.2, -0.15) is 0 Å². The molecule has 6 heteroatoms. The lowest BCUT2D eigenvalue weighted by molar-refractivity contribution is -0.274. The Morgan fingerprint density at radius 1 is 1.10 bits per heavy atom. The van der Waals surface area contributed by atoms with Crippen LogP contribution in [0, 0.1) is 6.92 Å². The van der Waals surface area contributed by atoms with Gasteiger partial charge in [-0.3, -0.25) is 0 Å². The van der Waals surface area contributed by atoms with Gasteiger partial charge in [-0.1, -0.05) is 17.7 Å². The maximum atomic E-state index is 12.0. The number of aromatic hydroxyl groups is 1. The molecule has 0 radical (unpaired) electrons. The number of phenolic OH excluding ortho intramolecular Hbond substituents is 1. The van der Waals surface area contributed by atoms with Crippen LogP contribution >= 0.6 is 0 Å². The fraction of sp³-hybridized carbons (Fsp3) is 0.200. The first-order valence-electron chi connectivity index (χ1n) is 6.22. The molecule has 0 atom stereocenters. The van der Waals surface area contributed by atoms with E-state index in [1.807, 2.05) is 13.0 Å². The summed E-state index contributed by atoms with van der Waals surface area (Å²) in [6.07, 6.45) is -4.69. The van der Waals surface area contributed by atoms with Crippen LogP contribution in [-0.2, 0) is 6.54 Å². The summed E-state index contributed by atoms with van der Waals surface area (Å²) in [6.45, 7) is 2.28. The van der Waals surface area contributed by atoms with Crippen LogP contribution in [0.15, 0.2) is 42.5 Å². The van der Waals surface area contributed by atoms with E-state index in [1.165, 1.54) is 24.3 Å². The number of alkyl halides is 3. The Hall–Kier alpha value is -2.37. The summed E-state index contributed by atoms with van der Waals surface area (Å²) in [7, 11) is 0. The maximum absolute atomic E-state index is 12.0. The smallest absolute Gasteiger partial charge is 0.508 e. The second-order valence-electron chi connectivity index (χ2n) is 4.56. The van der Waals surface area contributed by atoms with E-state index >= 15 is 0 Å². The van der Waals surface area contributed by atoms with Crippen LogP contribution in [-0.4, -0.2) is 11.5 Å². The molecule has 21 heavy (non-hydrogen) atoms. The fourth-order valence-corrected chi connectivity index (χ4v) is 1.83. The first-order chi connectivity index (χ1) is 9.83. The summed E-state index contributed by atoms with van der Waals surface area (Å²) in [4.78, 5) is 0. The van der Waals surface area contributed by atoms with Crippen molar-refractivity contribution in [3.8, 4) is 11.5 Å². The average Bonchev–Trinajstić information content (AvgIpc) is 2.40. The van der Waals surface area contributed by atoms with Crippen molar-refractivity contribution in [3.63, 3.8) is 0 Å². The highest BCUT2D eigenvalue weighted by Gasteiger charge is 2.30. The zero-order valence-electron chi connectivity index (χ0n) is 11.2. The molecule has 0 bridgehead atoms. The van der Waals surface area contributed by atoms with E-state index in [2.05, 4.69) is 10.1 Å². The van der Waals surface area contributed by atoms with Gasteiger partial charge in [0.25, 0.3) is 0 Å². The quantitative estimate of drug-likeness (QED) is 0.888. The Morgan fingerprint density at radius 2 is 1.76 bits per heavy atom. The first-order valence-corrected chi connectivity index (χ1v) is 6.22. The van der Waals surface area contributed by atoms with E-state index in [0.717, 1.165) is 5.56 Å². The largest absolute Gasteiger partial charge is 0.573 e. The Labute approximate surface area is 120 Å². The van der Waals surface area contributed by atoms with Crippen molar-refractivity contribution in [2.24, 2.45) is 0 Å². The number of phenols is 1. The molecule has 3 nitrogen and oxygen atoms in total. The predicted octanol–water partition coefficient (Wildman–Crippen LogP) is 4.21. The number of nitrogens with one attached hydrogen (secondary N) is 1. The second kappa shape index (κ2) is 5.95. The Bertz CT molecular complexity index is 609. The summed E-state index contributed by atoms with van der Waals surface area (Å²) in [5.41, 5.74) is 2.36. The van der Waals surface area contributed by atoms with Crippen molar-refractivity contribution in [1.29, 1.82) is 0 Å². The third kappa shape index (κ3) is 4.59. The summed E-state index contributed by atoms with van der Waals surface area (Å²) in [5, 5.41) is 12.7. The molecule has 0 fully saturated rings. The molecule has 0 aromatic heterocycles. The SMILES string of the molecule is Cc1ccc(O)c(CNc2ccc(OC(F)(F)F)cc2)c1. The molecule has 2 aromatic rings. The van der Waals surface area contributed by atoms with Gasteiger partial charge in [0.1, 0.15) is 11.5 Å². The molecule has 0 aliphatic carbocycles. The molecule has 0 saturated carbocycles. The topological polar surface area (TPSA) is 41.5 Å². The van der Waals surface area contributed by atoms with E-state index in [9.17, 15) is 18.3 Å². The summed E-state index contributed by atoms with van der Waals surface area (Å²) in [5.74, 6) is -0.100. The highest BCUT2D eigenvalue weighted by Crippen LogP contribution is 2.25. The van der Waals surface area contributed by atoms with Crippen molar-refractivity contribution < 1.29 is 23.0 Å². The lowest BCUT2D eigenvalue weighted by atomic mass is 10.1. The average molecular weight is 297 g/mol. The predicted molar refractivity (Wildman–Crippen MR) is 73.3 cm³/mol. The van der Waals surface area contributed by atoms with Crippen LogP contribution in [0.1, 0.15) is 11.1 Å².